The normalized spacial score (nSPS) is 12.7. The molecule has 8 nitrogen and oxygen atoms in total. The Labute approximate surface area is 135 Å². The number of nitrogens with one attached hydrogen (secondary N) is 1. The molecule has 1 amide bonds. The van der Waals surface area contributed by atoms with E-state index in [9.17, 15) is 9.59 Å². The molecule has 0 aliphatic carbocycles. The van der Waals surface area contributed by atoms with Gasteiger partial charge in [-0.25, -0.2) is 4.98 Å². The van der Waals surface area contributed by atoms with Gasteiger partial charge in [0.05, 0.1) is 0 Å². The van der Waals surface area contributed by atoms with Crippen molar-refractivity contribution in [2.75, 3.05) is 0 Å². The summed E-state index contributed by atoms with van der Waals surface area (Å²) in [5.74, 6) is 0.378. The zero-order chi connectivity index (χ0) is 16.6. The van der Waals surface area contributed by atoms with Crippen molar-refractivity contribution >= 4 is 22.2 Å². The Morgan fingerprint density at radius 2 is 2.04 bits per heavy atom. The number of nitrogens with zero attached hydrogens (tertiary/aromatic N) is 4. The minimum atomic E-state index is -0.528. The van der Waals surface area contributed by atoms with Gasteiger partial charge in [0.1, 0.15) is 11.6 Å². The summed E-state index contributed by atoms with van der Waals surface area (Å²) in [5.41, 5.74) is -0.439. The Hall–Kier alpha value is -2.55. The molecule has 0 aromatic carbocycles. The maximum absolute atomic E-state index is 12.3. The summed E-state index contributed by atoms with van der Waals surface area (Å²) < 4.78 is 6.84. The van der Waals surface area contributed by atoms with Crippen molar-refractivity contribution in [3.63, 3.8) is 0 Å². The first-order valence-electron chi connectivity index (χ1n) is 7.06. The summed E-state index contributed by atoms with van der Waals surface area (Å²) in [6.07, 6.45) is 2.87. The van der Waals surface area contributed by atoms with Crippen molar-refractivity contribution < 1.29 is 9.21 Å². The lowest BCUT2D eigenvalue weighted by molar-refractivity contribution is 0.0931. The predicted molar refractivity (Wildman–Crippen MR) is 83.6 cm³/mol. The van der Waals surface area contributed by atoms with E-state index in [0.29, 0.717) is 16.7 Å². The minimum absolute atomic E-state index is 0.0312. The van der Waals surface area contributed by atoms with Gasteiger partial charge in [0, 0.05) is 23.7 Å². The molecule has 1 atom stereocenters. The van der Waals surface area contributed by atoms with E-state index in [1.807, 2.05) is 13.8 Å². The van der Waals surface area contributed by atoms with Crippen LogP contribution in [0.5, 0.6) is 0 Å². The van der Waals surface area contributed by atoms with Gasteiger partial charge in [-0.1, -0.05) is 13.8 Å². The van der Waals surface area contributed by atoms with Crippen LogP contribution in [0.4, 0.5) is 0 Å². The Kier molecular flexibility index (Phi) is 3.95. The molecule has 120 valence electrons. The van der Waals surface area contributed by atoms with Crippen LogP contribution in [0.1, 0.15) is 54.9 Å². The Morgan fingerprint density at radius 1 is 1.30 bits per heavy atom. The van der Waals surface area contributed by atoms with Crippen molar-refractivity contribution in [3.8, 4) is 0 Å². The lowest BCUT2D eigenvalue weighted by Crippen LogP contribution is -2.33. The van der Waals surface area contributed by atoms with Gasteiger partial charge >= 0.3 is 0 Å². The molecule has 0 radical (unpaired) electrons. The van der Waals surface area contributed by atoms with Crippen LogP contribution in [0.15, 0.2) is 27.0 Å². The molecule has 3 aromatic rings. The highest BCUT2D eigenvalue weighted by Gasteiger charge is 2.20. The number of carbonyl (C=O) groups excluding carboxylic acids is 1. The summed E-state index contributed by atoms with van der Waals surface area (Å²) in [4.78, 5) is 29.2. The van der Waals surface area contributed by atoms with E-state index in [1.54, 1.807) is 18.5 Å². The molecule has 3 heterocycles. The van der Waals surface area contributed by atoms with Gasteiger partial charge in [0.25, 0.3) is 11.5 Å². The summed E-state index contributed by atoms with van der Waals surface area (Å²) in [7, 11) is 0. The Morgan fingerprint density at radius 3 is 2.74 bits per heavy atom. The number of hydrogen-bond donors (Lipinski definition) is 1. The molecule has 0 saturated carbocycles. The quantitative estimate of drug-likeness (QED) is 0.780. The summed E-state index contributed by atoms with van der Waals surface area (Å²) in [6, 6.07) is -0.509. The fourth-order valence-electron chi connectivity index (χ4n) is 1.97. The van der Waals surface area contributed by atoms with Crippen molar-refractivity contribution in [3.05, 3.63) is 45.5 Å². The van der Waals surface area contributed by atoms with E-state index in [4.69, 9.17) is 4.42 Å². The van der Waals surface area contributed by atoms with E-state index in [0.717, 1.165) is 0 Å². The predicted octanol–water partition coefficient (Wildman–Crippen LogP) is 1.75. The van der Waals surface area contributed by atoms with Gasteiger partial charge in [-0.15, -0.1) is 21.5 Å². The zero-order valence-electron chi connectivity index (χ0n) is 12.8. The molecule has 3 rings (SSSR count). The fraction of sp³-hybridized carbons (Fsp3) is 0.357. The molecular formula is C14H15N5O3S. The number of carbonyl (C=O) groups is 1. The fourth-order valence-corrected chi connectivity index (χ4v) is 2.65. The first-order chi connectivity index (χ1) is 11.0. The lowest BCUT2D eigenvalue weighted by atomic mass is 10.2. The number of hydrogen-bond acceptors (Lipinski definition) is 7. The van der Waals surface area contributed by atoms with Crippen LogP contribution in [0.25, 0.3) is 4.96 Å². The zero-order valence-corrected chi connectivity index (χ0v) is 13.6. The van der Waals surface area contributed by atoms with Gasteiger partial charge in [-0.05, 0) is 6.92 Å². The summed E-state index contributed by atoms with van der Waals surface area (Å²) in [6.45, 7) is 5.58. The smallest absolute Gasteiger partial charge is 0.271 e. The van der Waals surface area contributed by atoms with E-state index >= 15 is 0 Å². The van der Waals surface area contributed by atoms with Crippen LogP contribution in [-0.4, -0.2) is 25.5 Å². The van der Waals surface area contributed by atoms with E-state index in [1.165, 1.54) is 21.9 Å². The molecule has 0 saturated heterocycles. The molecule has 3 aromatic heterocycles. The molecule has 0 bridgehead atoms. The Balaban J connectivity index is 1.82. The van der Waals surface area contributed by atoms with Gasteiger partial charge < -0.3 is 9.73 Å². The number of aromatic nitrogens is 4. The number of thiazole rings is 1. The second kappa shape index (κ2) is 5.92. The highest BCUT2D eigenvalue weighted by molar-refractivity contribution is 7.15. The first kappa shape index (κ1) is 15.3. The van der Waals surface area contributed by atoms with Crippen molar-refractivity contribution in [1.82, 2.24) is 24.9 Å². The average molecular weight is 333 g/mol. The van der Waals surface area contributed by atoms with E-state index in [-0.39, 0.29) is 11.5 Å². The van der Waals surface area contributed by atoms with Gasteiger partial charge in [0.2, 0.25) is 11.8 Å². The SMILES string of the molecule is CC(C)c1nnc([C@H](C)NC(=O)c2cnc3sccn3c2=O)o1. The van der Waals surface area contributed by atoms with Gasteiger partial charge in [0.15, 0.2) is 4.96 Å². The Bertz CT molecular complexity index is 910. The highest BCUT2D eigenvalue weighted by Crippen LogP contribution is 2.17. The summed E-state index contributed by atoms with van der Waals surface area (Å²) in [5, 5.41) is 12.3. The second-order valence-corrected chi connectivity index (χ2v) is 6.23. The molecule has 0 spiro atoms. The third kappa shape index (κ3) is 2.87. The average Bonchev–Trinajstić information content (AvgIpc) is 3.17. The van der Waals surface area contributed by atoms with Crippen molar-refractivity contribution in [2.24, 2.45) is 0 Å². The highest BCUT2D eigenvalue weighted by atomic mass is 32.1. The topological polar surface area (TPSA) is 102 Å². The van der Waals surface area contributed by atoms with Gasteiger partial charge in [-0.2, -0.15) is 0 Å². The van der Waals surface area contributed by atoms with Crippen LogP contribution < -0.4 is 10.9 Å². The molecule has 1 N–H and O–H groups in total. The molecule has 0 aliphatic heterocycles. The van der Waals surface area contributed by atoms with E-state index < -0.39 is 17.5 Å². The van der Waals surface area contributed by atoms with E-state index in [2.05, 4.69) is 20.5 Å². The lowest BCUT2D eigenvalue weighted by Gasteiger charge is -2.09. The third-order valence-corrected chi connectivity index (χ3v) is 4.03. The van der Waals surface area contributed by atoms with Crippen LogP contribution in [0.3, 0.4) is 0 Å². The molecule has 0 unspecified atom stereocenters. The monoisotopic (exact) mass is 333 g/mol. The van der Waals surface area contributed by atoms with Crippen molar-refractivity contribution in [2.45, 2.75) is 32.7 Å². The van der Waals surface area contributed by atoms with Crippen LogP contribution >= 0.6 is 11.3 Å². The molecule has 23 heavy (non-hydrogen) atoms. The number of fused-ring (bicyclic) bond motifs is 1. The third-order valence-electron chi connectivity index (χ3n) is 3.26. The van der Waals surface area contributed by atoms with Crippen LogP contribution in [-0.2, 0) is 0 Å². The molecule has 0 aliphatic rings. The number of amides is 1. The maximum Gasteiger partial charge on any atom is 0.271 e. The van der Waals surface area contributed by atoms with Crippen LogP contribution in [0.2, 0.25) is 0 Å². The van der Waals surface area contributed by atoms with Crippen LogP contribution in [0, 0.1) is 0 Å². The molecule has 0 fully saturated rings. The largest absolute Gasteiger partial charge is 0.423 e. The summed E-state index contributed by atoms with van der Waals surface area (Å²) >= 11 is 1.32. The van der Waals surface area contributed by atoms with Crippen molar-refractivity contribution in [1.29, 1.82) is 0 Å². The molecule has 9 heteroatoms. The first-order valence-corrected chi connectivity index (χ1v) is 7.94. The minimum Gasteiger partial charge on any atom is -0.423 e. The maximum atomic E-state index is 12.3. The van der Waals surface area contributed by atoms with Gasteiger partial charge in [-0.3, -0.25) is 14.0 Å². The number of rotatable bonds is 4. The standard InChI is InChI=1S/C14H15N5O3S/c1-7(2)11-17-18-12(22-11)8(3)16-10(20)9-6-15-14-19(13(9)21)4-5-23-14/h4-8H,1-3H3,(H,16,20)/t8-/m0/s1. The second-order valence-electron chi connectivity index (χ2n) is 5.36. The molecular weight excluding hydrogens is 318 g/mol.